The van der Waals surface area contributed by atoms with Gasteiger partial charge < -0.3 is 5.11 Å². The predicted molar refractivity (Wildman–Crippen MR) is 85.9 cm³/mol. The Morgan fingerprint density at radius 3 is 2.29 bits per heavy atom. The zero-order valence-electron chi connectivity index (χ0n) is 11.5. The van der Waals surface area contributed by atoms with Crippen molar-refractivity contribution in [3.8, 4) is 17.0 Å². The smallest absolute Gasteiger partial charge is 0.123 e. The Labute approximate surface area is 124 Å². The molecule has 0 aliphatic rings. The normalized spacial score (nSPS) is 10.3. The van der Waals surface area contributed by atoms with Crippen LogP contribution in [0.25, 0.3) is 16.8 Å². The summed E-state index contributed by atoms with van der Waals surface area (Å²) < 4.78 is 0. The molecule has 0 unspecified atom stereocenters. The van der Waals surface area contributed by atoms with Gasteiger partial charge >= 0.3 is 0 Å². The van der Waals surface area contributed by atoms with E-state index in [4.69, 9.17) is 0 Å². The number of hydrogen-bond acceptors (Lipinski definition) is 2. The molecular weight excluding hydrogens is 258 g/mol. The van der Waals surface area contributed by atoms with Crippen LogP contribution >= 0.6 is 0 Å². The van der Waals surface area contributed by atoms with Crippen LogP contribution in [-0.4, -0.2) is 10.1 Å². The third kappa shape index (κ3) is 2.70. The molecule has 0 aliphatic heterocycles. The van der Waals surface area contributed by atoms with Crippen LogP contribution in [-0.2, 0) is 0 Å². The number of phenolic OH excluding ortho intramolecular Hbond substituents is 1. The molecule has 1 heterocycles. The highest BCUT2D eigenvalue weighted by molar-refractivity contribution is 5.80. The van der Waals surface area contributed by atoms with Crippen molar-refractivity contribution in [2.75, 3.05) is 0 Å². The molecule has 0 saturated heterocycles. The molecule has 2 heteroatoms. The zero-order valence-corrected chi connectivity index (χ0v) is 11.5. The first kappa shape index (κ1) is 13.1. The Bertz CT molecular complexity index is 778. The maximum atomic E-state index is 9.94. The average Bonchev–Trinajstić information content (AvgIpc) is 2.56. The topological polar surface area (TPSA) is 33.1 Å². The number of phenols is 1. The monoisotopic (exact) mass is 273 g/mol. The summed E-state index contributed by atoms with van der Waals surface area (Å²) in [5.74, 6) is 0.217. The fraction of sp³-hybridized carbons (Fsp3) is 0. The van der Waals surface area contributed by atoms with Crippen LogP contribution in [0.4, 0.5) is 0 Å². The summed E-state index contributed by atoms with van der Waals surface area (Å²) in [5.41, 5.74) is 4.13. The summed E-state index contributed by atoms with van der Waals surface area (Å²) in [6.07, 6.45) is 0. The second kappa shape index (κ2) is 5.63. The van der Waals surface area contributed by atoms with Crippen LogP contribution in [0, 0.1) is 0 Å². The van der Waals surface area contributed by atoms with Crippen molar-refractivity contribution < 1.29 is 5.11 Å². The average molecular weight is 273 g/mol. The van der Waals surface area contributed by atoms with Crippen molar-refractivity contribution >= 4 is 5.57 Å². The van der Waals surface area contributed by atoms with E-state index >= 15 is 0 Å². The number of nitrogens with zero attached hydrogens (tertiary/aromatic N) is 1. The van der Waals surface area contributed by atoms with E-state index in [0.29, 0.717) is 11.1 Å². The van der Waals surface area contributed by atoms with Crippen LogP contribution < -0.4 is 0 Å². The van der Waals surface area contributed by atoms with E-state index < -0.39 is 0 Å². The van der Waals surface area contributed by atoms with Gasteiger partial charge in [-0.15, -0.1) is 0 Å². The SMILES string of the molecule is C=C(c1cccc(-c2ccccc2)n1)c1ccccc1O. The highest BCUT2D eigenvalue weighted by atomic mass is 16.3. The van der Waals surface area contributed by atoms with Crippen molar-refractivity contribution in [1.82, 2.24) is 4.98 Å². The molecule has 0 spiro atoms. The van der Waals surface area contributed by atoms with E-state index in [-0.39, 0.29) is 5.75 Å². The van der Waals surface area contributed by atoms with Crippen LogP contribution in [0.5, 0.6) is 5.75 Å². The van der Waals surface area contributed by atoms with Crippen molar-refractivity contribution in [2.45, 2.75) is 0 Å². The number of para-hydroxylation sites is 1. The van der Waals surface area contributed by atoms with Gasteiger partial charge in [-0.2, -0.15) is 0 Å². The van der Waals surface area contributed by atoms with Gasteiger partial charge in [-0.1, -0.05) is 61.2 Å². The lowest BCUT2D eigenvalue weighted by atomic mass is 10.0. The fourth-order valence-corrected chi connectivity index (χ4v) is 2.24. The van der Waals surface area contributed by atoms with Crippen molar-refractivity contribution in [3.63, 3.8) is 0 Å². The minimum Gasteiger partial charge on any atom is -0.507 e. The molecule has 0 atom stereocenters. The highest BCUT2D eigenvalue weighted by Crippen LogP contribution is 2.28. The first-order valence-electron chi connectivity index (χ1n) is 6.76. The molecule has 0 aliphatic carbocycles. The summed E-state index contributed by atoms with van der Waals surface area (Å²) in [5, 5.41) is 9.94. The van der Waals surface area contributed by atoms with E-state index in [1.807, 2.05) is 60.7 Å². The van der Waals surface area contributed by atoms with Gasteiger partial charge in [-0.3, -0.25) is 0 Å². The van der Waals surface area contributed by atoms with E-state index in [2.05, 4.69) is 11.6 Å². The number of hydrogen-bond donors (Lipinski definition) is 1. The molecule has 1 N–H and O–H groups in total. The predicted octanol–water partition coefficient (Wildman–Crippen LogP) is 4.52. The van der Waals surface area contributed by atoms with Crippen molar-refractivity contribution in [2.24, 2.45) is 0 Å². The number of rotatable bonds is 3. The summed E-state index contributed by atoms with van der Waals surface area (Å²) in [4.78, 5) is 4.65. The summed E-state index contributed by atoms with van der Waals surface area (Å²) in [6, 6.07) is 23.0. The fourth-order valence-electron chi connectivity index (χ4n) is 2.24. The lowest BCUT2D eigenvalue weighted by Gasteiger charge is -2.09. The number of pyridine rings is 1. The largest absolute Gasteiger partial charge is 0.507 e. The van der Waals surface area contributed by atoms with Gasteiger partial charge in [0.05, 0.1) is 11.4 Å². The molecule has 2 nitrogen and oxygen atoms in total. The Hall–Kier alpha value is -2.87. The minimum absolute atomic E-state index is 0.217. The van der Waals surface area contributed by atoms with Crippen LogP contribution in [0.2, 0.25) is 0 Å². The molecular formula is C19H15NO. The van der Waals surface area contributed by atoms with Gasteiger partial charge in [0, 0.05) is 16.7 Å². The Morgan fingerprint density at radius 1 is 0.810 bits per heavy atom. The van der Waals surface area contributed by atoms with E-state index in [1.165, 1.54) is 0 Å². The maximum absolute atomic E-state index is 9.94. The first-order valence-corrected chi connectivity index (χ1v) is 6.76. The van der Waals surface area contributed by atoms with Gasteiger partial charge in [-0.05, 0) is 18.2 Å². The van der Waals surface area contributed by atoms with Crippen LogP contribution in [0.1, 0.15) is 11.3 Å². The van der Waals surface area contributed by atoms with Gasteiger partial charge in [0.2, 0.25) is 0 Å². The number of aromatic hydroxyl groups is 1. The van der Waals surface area contributed by atoms with E-state index in [9.17, 15) is 5.11 Å². The van der Waals surface area contributed by atoms with Crippen molar-refractivity contribution in [3.05, 3.63) is 90.6 Å². The lowest BCUT2D eigenvalue weighted by Crippen LogP contribution is -1.93. The van der Waals surface area contributed by atoms with Gasteiger partial charge in [0.25, 0.3) is 0 Å². The maximum Gasteiger partial charge on any atom is 0.123 e. The highest BCUT2D eigenvalue weighted by Gasteiger charge is 2.09. The molecule has 3 rings (SSSR count). The molecule has 0 radical (unpaired) electrons. The standard InChI is InChI=1S/C19H15NO/c1-14(16-10-5-6-13-19(16)21)17-11-7-12-18(20-17)15-8-3-2-4-9-15/h2-13,21H,1H2. The summed E-state index contributed by atoms with van der Waals surface area (Å²) >= 11 is 0. The van der Waals surface area contributed by atoms with E-state index in [0.717, 1.165) is 17.0 Å². The third-order valence-electron chi connectivity index (χ3n) is 3.36. The number of aromatic nitrogens is 1. The molecule has 102 valence electrons. The quantitative estimate of drug-likeness (QED) is 0.761. The Morgan fingerprint density at radius 2 is 1.52 bits per heavy atom. The molecule has 3 aromatic rings. The van der Waals surface area contributed by atoms with Crippen LogP contribution in [0.15, 0.2) is 79.4 Å². The Kier molecular flexibility index (Phi) is 3.52. The van der Waals surface area contributed by atoms with Gasteiger partial charge in [0.15, 0.2) is 0 Å². The molecule has 0 amide bonds. The summed E-state index contributed by atoms with van der Waals surface area (Å²) in [7, 11) is 0. The second-order valence-electron chi connectivity index (χ2n) is 4.77. The van der Waals surface area contributed by atoms with Crippen molar-refractivity contribution in [1.29, 1.82) is 0 Å². The zero-order chi connectivity index (χ0) is 14.7. The van der Waals surface area contributed by atoms with Gasteiger partial charge in [-0.25, -0.2) is 4.98 Å². The first-order chi connectivity index (χ1) is 10.3. The van der Waals surface area contributed by atoms with E-state index in [1.54, 1.807) is 12.1 Å². The van der Waals surface area contributed by atoms with Gasteiger partial charge in [0.1, 0.15) is 5.75 Å². The molecule has 0 bridgehead atoms. The molecule has 2 aromatic carbocycles. The second-order valence-corrected chi connectivity index (χ2v) is 4.77. The molecule has 21 heavy (non-hydrogen) atoms. The summed E-state index contributed by atoms with van der Waals surface area (Å²) in [6.45, 7) is 4.07. The lowest BCUT2D eigenvalue weighted by molar-refractivity contribution is 0.473. The third-order valence-corrected chi connectivity index (χ3v) is 3.36. The Balaban J connectivity index is 2.01. The van der Waals surface area contributed by atoms with Crippen LogP contribution in [0.3, 0.4) is 0 Å². The molecule has 1 aromatic heterocycles. The molecule has 0 fully saturated rings. The minimum atomic E-state index is 0.217. The molecule has 0 saturated carbocycles. The number of benzene rings is 2.